The third-order valence-electron chi connectivity index (χ3n) is 3.85. The molecule has 1 saturated carbocycles. The number of nitrogens with one attached hydrogen (secondary N) is 1. The van der Waals surface area contributed by atoms with Crippen LogP contribution in [0.25, 0.3) is 0 Å². The Morgan fingerprint density at radius 1 is 1.30 bits per heavy atom. The van der Waals surface area contributed by atoms with Crippen LogP contribution in [0.15, 0.2) is 18.2 Å². The summed E-state index contributed by atoms with van der Waals surface area (Å²) in [6, 6.07) is 5.24. The number of amides is 1. The van der Waals surface area contributed by atoms with Gasteiger partial charge in [0.15, 0.2) is 0 Å². The molecule has 1 N–H and O–H groups in total. The quantitative estimate of drug-likeness (QED) is 0.837. The van der Waals surface area contributed by atoms with Gasteiger partial charge < -0.3 is 14.8 Å². The molecule has 1 fully saturated rings. The Balaban J connectivity index is 2.20. The van der Waals surface area contributed by atoms with Gasteiger partial charge in [0.1, 0.15) is 11.5 Å². The minimum atomic E-state index is -0.123. The number of methoxy groups -OCH3 is 2. The highest BCUT2D eigenvalue weighted by Gasteiger charge is 2.34. The summed E-state index contributed by atoms with van der Waals surface area (Å²) in [6.45, 7) is 0. The molecule has 0 heterocycles. The Bertz CT molecular complexity index is 484. The van der Waals surface area contributed by atoms with E-state index in [0.29, 0.717) is 17.1 Å². The van der Waals surface area contributed by atoms with Gasteiger partial charge in [0, 0.05) is 11.4 Å². The minimum absolute atomic E-state index is 0.0918. The van der Waals surface area contributed by atoms with Gasteiger partial charge in [-0.25, -0.2) is 0 Å². The first-order valence-corrected chi connectivity index (χ1v) is 7.87. The number of carbonyl (C=O) groups excluding carboxylic acids is 1. The third-order valence-corrected chi connectivity index (χ3v) is 4.92. The van der Waals surface area contributed by atoms with E-state index in [2.05, 4.69) is 21.2 Å². The molecule has 0 bridgehead atoms. The molecule has 110 valence electrons. The Morgan fingerprint density at radius 3 is 2.55 bits per heavy atom. The first-order valence-electron chi connectivity index (χ1n) is 6.74. The zero-order valence-electron chi connectivity index (χ0n) is 11.9. The molecule has 0 unspecified atom stereocenters. The lowest BCUT2D eigenvalue weighted by Crippen LogP contribution is -2.47. The van der Waals surface area contributed by atoms with Crippen LogP contribution in [0.5, 0.6) is 11.5 Å². The third kappa shape index (κ3) is 3.08. The molecule has 20 heavy (non-hydrogen) atoms. The molecule has 0 spiro atoms. The lowest BCUT2D eigenvalue weighted by Gasteiger charge is -2.28. The van der Waals surface area contributed by atoms with Crippen LogP contribution in [0.1, 0.15) is 36.0 Å². The van der Waals surface area contributed by atoms with Crippen LogP contribution in [0.3, 0.4) is 0 Å². The predicted octanol–water partition coefficient (Wildman–Crippen LogP) is 3.14. The molecule has 1 amide bonds. The zero-order valence-corrected chi connectivity index (χ0v) is 13.5. The molecule has 0 saturated heterocycles. The number of carbonyl (C=O) groups is 1. The lowest BCUT2D eigenvalue weighted by molar-refractivity contribution is 0.0907. The van der Waals surface area contributed by atoms with E-state index in [1.54, 1.807) is 32.4 Å². The average molecular weight is 342 g/mol. The summed E-state index contributed by atoms with van der Waals surface area (Å²) < 4.78 is 10.4. The number of hydrogen-bond donors (Lipinski definition) is 1. The van der Waals surface area contributed by atoms with Crippen LogP contribution < -0.4 is 14.8 Å². The molecule has 1 aromatic carbocycles. The summed E-state index contributed by atoms with van der Waals surface area (Å²) in [5.74, 6) is 1.12. The monoisotopic (exact) mass is 341 g/mol. The van der Waals surface area contributed by atoms with Crippen LogP contribution in [-0.2, 0) is 0 Å². The van der Waals surface area contributed by atoms with Gasteiger partial charge in [-0.1, -0.05) is 28.8 Å². The summed E-state index contributed by atoms with van der Waals surface area (Å²) in [5.41, 5.74) is 0.419. The van der Waals surface area contributed by atoms with Crippen LogP contribution >= 0.6 is 15.9 Å². The molecule has 1 aliphatic carbocycles. The summed E-state index contributed by atoms with van der Waals surface area (Å²) in [7, 11) is 3.15. The highest BCUT2D eigenvalue weighted by Crippen LogP contribution is 2.32. The molecular formula is C15H20BrNO3. The molecule has 0 aliphatic heterocycles. The smallest absolute Gasteiger partial charge is 0.255 e. The summed E-state index contributed by atoms with van der Waals surface area (Å²) in [4.78, 5) is 12.5. The second-order valence-electron chi connectivity index (χ2n) is 5.14. The van der Waals surface area contributed by atoms with Gasteiger partial charge in [-0.05, 0) is 25.0 Å². The van der Waals surface area contributed by atoms with Gasteiger partial charge in [-0.15, -0.1) is 0 Å². The fraction of sp³-hybridized carbons (Fsp3) is 0.533. The fourth-order valence-electron chi connectivity index (χ4n) is 2.64. The van der Waals surface area contributed by atoms with Crippen molar-refractivity contribution in [3.05, 3.63) is 23.8 Å². The van der Waals surface area contributed by atoms with E-state index in [1.807, 2.05) is 0 Å². The number of benzene rings is 1. The zero-order chi connectivity index (χ0) is 14.6. The van der Waals surface area contributed by atoms with E-state index in [9.17, 15) is 4.79 Å². The predicted molar refractivity (Wildman–Crippen MR) is 82.0 cm³/mol. The molecule has 1 aromatic rings. The Morgan fingerprint density at radius 2 is 2.00 bits per heavy atom. The largest absolute Gasteiger partial charge is 0.497 e. The van der Waals surface area contributed by atoms with Crippen molar-refractivity contribution in [3.8, 4) is 11.5 Å². The van der Waals surface area contributed by atoms with Crippen molar-refractivity contribution >= 4 is 21.8 Å². The van der Waals surface area contributed by atoms with Crippen LogP contribution in [0, 0.1) is 0 Å². The van der Waals surface area contributed by atoms with Gasteiger partial charge in [0.2, 0.25) is 0 Å². The first kappa shape index (κ1) is 15.2. The van der Waals surface area contributed by atoms with Gasteiger partial charge in [0.05, 0.1) is 25.3 Å². The second-order valence-corrected chi connectivity index (χ2v) is 5.70. The highest BCUT2D eigenvalue weighted by atomic mass is 79.9. The second kappa shape index (κ2) is 6.48. The number of alkyl halides is 1. The Kier molecular flexibility index (Phi) is 4.91. The minimum Gasteiger partial charge on any atom is -0.497 e. The molecular weight excluding hydrogens is 322 g/mol. The maximum Gasteiger partial charge on any atom is 0.255 e. The number of rotatable bonds is 5. The standard InChI is InChI=1S/C15H20BrNO3/c1-19-11-5-6-12(13(9-11)20-2)14(18)17-15(10-16)7-3-4-8-15/h5-6,9H,3-4,7-8,10H2,1-2H3,(H,17,18). The van der Waals surface area contributed by atoms with Crippen LogP contribution in [-0.4, -0.2) is 31.0 Å². The normalized spacial score (nSPS) is 16.8. The molecule has 0 radical (unpaired) electrons. The highest BCUT2D eigenvalue weighted by molar-refractivity contribution is 9.09. The number of halogens is 1. The van der Waals surface area contributed by atoms with E-state index in [-0.39, 0.29) is 11.4 Å². The summed E-state index contributed by atoms with van der Waals surface area (Å²) >= 11 is 3.53. The molecule has 5 heteroatoms. The van der Waals surface area contributed by atoms with Gasteiger partial charge in [-0.2, -0.15) is 0 Å². The maximum atomic E-state index is 12.5. The first-order chi connectivity index (χ1) is 9.64. The Labute approximate surface area is 128 Å². The summed E-state index contributed by atoms with van der Waals surface area (Å²) in [5, 5.41) is 3.95. The van der Waals surface area contributed by atoms with Crippen molar-refractivity contribution < 1.29 is 14.3 Å². The van der Waals surface area contributed by atoms with E-state index in [4.69, 9.17) is 9.47 Å². The van der Waals surface area contributed by atoms with Crippen molar-refractivity contribution in [1.29, 1.82) is 0 Å². The average Bonchev–Trinajstić information content (AvgIpc) is 2.95. The van der Waals surface area contributed by atoms with Crippen molar-refractivity contribution in [3.63, 3.8) is 0 Å². The van der Waals surface area contributed by atoms with Crippen molar-refractivity contribution in [1.82, 2.24) is 5.32 Å². The molecule has 2 rings (SSSR count). The maximum absolute atomic E-state index is 12.5. The molecule has 4 nitrogen and oxygen atoms in total. The molecule has 1 aliphatic rings. The van der Waals surface area contributed by atoms with E-state index in [1.165, 1.54) is 0 Å². The van der Waals surface area contributed by atoms with E-state index < -0.39 is 0 Å². The van der Waals surface area contributed by atoms with E-state index >= 15 is 0 Å². The fourth-order valence-corrected chi connectivity index (χ4v) is 3.34. The van der Waals surface area contributed by atoms with Crippen molar-refractivity contribution in [2.75, 3.05) is 19.5 Å². The molecule has 0 aromatic heterocycles. The van der Waals surface area contributed by atoms with Gasteiger partial charge in [0.25, 0.3) is 5.91 Å². The molecule has 0 atom stereocenters. The number of ether oxygens (including phenoxy) is 2. The van der Waals surface area contributed by atoms with Crippen molar-refractivity contribution in [2.45, 2.75) is 31.2 Å². The van der Waals surface area contributed by atoms with Crippen LogP contribution in [0.4, 0.5) is 0 Å². The SMILES string of the molecule is COc1ccc(C(=O)NC2(CBr)CCCC2)c(OC)c1. The van der Waals surface area contributed by atoms with E-state index in [0.717, 1.165) is 31.0 Å². The summed E-state index contributed by atoms with van der Waals surface area (Å²) in [6.07, 6.45) is 4.35. The van der Waals surface area contributed by atoms with Crippen molar-refractivity contribution in [2.24, 2.45) is 0 Å². The topological polar surface area (TPSA) is 47.6 Å². The van der Waals surface area contributed by atoms with Gasteiger partial charge in [-0.3, -0.25) is 4.79 Å². The van der Waals surface area contributed by atoms with Crippen LogP contribution in [0.2, 0.25) is 0 Å². The van der Waals surface area contributed by atoms with Gasteiger partial charge >= 0.3 is 0 Å². The number of hydrogen-bond acceptors (Lipinski definition) is 3. The lowest BCUT2D eigenvalue weighted by atomic mass is 9.99. The Hall–Kier alpha value is -1.23.